The number of aromatic nitrogens is 5. The topological polar surface area (TPSA) is 40.6 Å². The molecule has 0 aliphatic carbocycles. The van der Waals surface area contributed by atoms with Crippen molar-refractivity contribution in [1.29, 1.82) is 0 Å². The predicted molar refractivity (Wildman–Crippen MR) is 317 cm³/mol. The van der Waals surface area contributed by atoms with E-state index in [0.717, 1.165) is 78.7 Å². The fraction of sp³-hybridized carbons (Fsp3) is 0.0141. The van der Waals surface area contributed by atoms with Gasteiger partial charge >= 0.3 is 0 Å². The van der Waals surface area contributed by atoms with Gasteiger partial charge in [0.2, 0.25) is 0 Å². The van der Waals surface area contributed by atoms with Crippen molar-refractivity contribution in [3.05, 3.63) is 272 Å². The molecule has 0 bridgehead atoms. The molecule has 5 heteroatoms. The van der Waals surface area contributed by atoms with E-state index in [0.29, 0.717) is 0 Å². The first-order valence-electron chi connectivity index (χ1n) is 26.0. The average Bonchev–Trinajstić information content (AvgIpc) is 4.20. The van der Waals surface area contributed by atoms with Gasteiger partial charge in [0.1, 0.15) is 0 Å². The number of para-hydroxylation sites is 4. The van der Waals surface area contributed by atoms with Crippen LogP contribution in [0.1, 0.15) is 5.56 Å². The van der Waals surface area contributed by atoms with Gasteiger partial charge in [-0.3, -0.25) is 0 Å². The molecule has 15 aromatic rings. The zero-order valence-corrected chi connectivity index (χ0v) is 41.6. The third-order valence-corrected chi connectivity index (χ3v) is 15.3. The first-order valence-corrected chi connectivity index (χ1v) is 26.0. The van der Waals surface area contributed by atoms with E-state index in [1.165, 1.54) is 65.5 Å². The predicted octanol–water partition coefficient (Wildman–Crippen LogP) is 18.4. The summed E-state index contributed by atoms with van der Waals surface area (Å²) in [5, 5.41) is 7.41. The van der Waals surface area contributed by atoms with Gasteiger partial charge in [-0.1, -0.05) is 188 Å². The summed E-state index contributed by atoms with van der Waals surface area (Å²) in [6.45, 7) is 2.10. The van der Waals surface area contributed by atoms with Gasteiger partial charge in [-0.2, -0.15) is 0 Å². The first kappa shape index (κ1) is 43.5. The maximum Gasteiger partial charge on any atom is 0.160 e. The van der Waals surface area contributed by atoms with E-state index in [4.69, 9.17) is 9.97 Å². The molecular formula is C71H47N5. The molecule has 76 heavy (non-hydrogen) atoms. The lowest BCUT2D eigenvalue weighted by Gasteiger charge is -2.12. The highest BCUT2D eigenvalue weighted by Crippen LogP contribution is 2.40. The fourth-order valence-electron chi connectivity index (χ4n) is 11.7. The maximum atomic E-state index is 5.09. The van der Waals surface area contributed by atoms with Crippen molar-refractivity contribution in [3.63, 3.8) is 0 Å². The van der Waals surface area contributed by atoms with Crippen LogP contribution in [0.2, 0.25) is 0 Å². The molecule has 0 N–H and O–H groups in total. The van der Waals surface area contributed by atoms with Crippen LogP contribution in [-0.4, -0.2) is 23.7 Å². The van der Waals surface area contributed by atoms with Gasteiger partial charge in [-0.15, -0.1) is 0 Å². The number of benzene rings is 11. The van der Waals surface area contributed by atoms with Gasteiger partial charge in [0, 0.05) is 66.1 Å². The summed E-state index contributed by atoms with van der Waals surface area (Å²) in [6.07, 6.45) is 0. The van der Waals surface area contributed by atoms with Crippen LogP contribution in [0.15, 0.2) is 267 Å². The Balaban J connectivity index is 0.788. The molecule has 0 radical (unpaired) electrons. The smallest absolute Gasteiger partial charge is 0.160 e. The van der Waals surface area contributed by atoms with Crippen LogP contribution >= 0.6 is 0 Å². The maximum absolute atomic E-state index is 5.09. The molecule has 0 amide bonds. The zero-order valence-electron chi connectivity index (χ0n) is 41.6. The molecule has 0 saturated carbocycles. The highest BCUT2D eigenvalue weighted by atomic mass is 15.0. The number of hydrogen-bond acceptors (Lipinski definition) is 2. The van der Waals surface area contributed by atoms with Gasteiger partial charge < -0.3 is 13.7 Å². The number of rotatable bonds is 8. The van der Waals surface area contributed by atoms with E-state index in [1.54, 1.807) is 0 Å². The molecule has 11 aromatic carbocycles. The van der Waals surface area contributed by atoms with Crippen molar-refractivity contribution in [2.45, 2.75) is 6.92 Å². The van der Waals surface area contributed by atoms with Crippen LogP contribution < -0.4 is 0 Å². The Labute approximate surface area is 439 Å². The highest BCUT2D eigenvalue weighted by Gasteiger charge is 2.20. The third-order valence-electron chi connectivity index (χ3n) is 15.3. The second-order valence-corrected chi connectivity index (χ2v) is 19.9. The van der Waals surface area contributed by atoms with Crippen LogP contribution in [0.4, 0.5) is 0 Å². The Morgan fingerprint density at radius 1 is 0.237 bits per heavy atom. The van der Waals surface area contributed by atoms with E-state index in [9.17, 15) is 0 Å². The van der Waals surface area contributed by atoms with Gasteiger partial charge in [-0.05, 0) is 114 Å². The van der Waals surface area contributed by atoms with E-state index >= 15 is 0 Å². The minimum atomic E-state index is 0.720. The normalized spacial score (nSPS) is 11.8. The van der Waals surface area contributed by atoms with Gasteiger partial charge in [-0.25, -0.2) is 9.97 Å². The van der Waals surface area contributed by atoms with E-state index < -0.39 is 0 Å². The molecule has 356 valence electrons. The molecule has 4 aromatic heterocycles. The summed E-state index contributed by atoms with van der Waals surface area (Å²) in [5.41, 5.74) is 21.2. The van der Waals surface area contributed by atoms with Gasteiger partial charge in [0.15, 0.2) is 5.82 Å². The summed E-state index contributed by atoms with van der Waals surface area (Å²) in [4.78, 5) is 10.1. The summed E-state index contributed by atoms with van der Waals surface area (Å²) in [7, 11) is 0. The van der Waals surface area contributed by atoms with Crippen molar-refractivity contribution < 1.29 is 0 Å². The van der Waals surface area contributed by atoms with E-state index in [1.807, 2.05) is 6.07 Å². The molecule has 0 aliphatic heterocycles. The lowest BCUT2D eigenvalue weighted by Crippen LogP contribution is -1.96. The summed E-state index contributed by atoms with van der Waals surface area (Å²) < 4.78 is 7.27. The van der Waals surface area contributed by atoms with Crippen molar-refractivity contribution in [2.24, 2.45) is 0 Å². The number of hydrogen-bond donors (Lipinski definition) is 0. The molecule has 15 rings (SSSR count). The van der Waals surface area contributed by atoms with Crippen LogP contribution in [0.5, 0.6) is 0 Å². The lowest BCUT2D eigenvalue weighted by molar-refractivity contribution is 1.16. The van der Waals surface area contributed by atoms with E-state index in [2.05, 4.69) is 281 Å². The Kier molecular flexibility index (Phi) is 10.0. The highest BCUT2D eigenvalue weighted by molar-refractivity contribution is 6.14. The van der Waals surface area contributed by atoms with Crippen LogP contribution in [0.25, 0.3) is 139 Å². The molecule has 5 nitrogen and oxygen atoms in total. The fourth-order valence-corrected chi connectivity index (χ4v) is 11.7. The van der Waals surface area contributed by atoms with Crippen LogP contribution in [-0.2, 0) is 0 Å². The number of nitrogens with zero attached hydrogens (tertiary/aromatic N) is 5. The number of fused-ring (bicyclic) bond motifs is 9. The molecule has 0 atom stereocenters. The Bertz CT molecular complexity index is 4450. The summed E-state index contributed by atoms with van der Waals surface area (Å²) in [5.74, 6) is 0.720. The molecule has 4 heterocycles. The van der Waals surface area contributed by atoms with Crippen LogP contribution in [0, 0.1) is 6.92 Å². The minimum absolute atomic E-state index is 0.720. The molecule has 0 aliphatic rings. The van der Waals surface area contributed by atoms with Crippen molar-refractivity contribution in [3.8, 4) is 73.2 Å². The standard InChI is InChI=1S/C71H47N5/c1-46-14-13-17-53(42-46)71-72-63(51-15-3-2-4-16-51)45-64(73-71)52-32-30-49(31-33-52)47-26-28-48(29-27-47)50-34-36-54(37-35-50)74-69-40-38-55(75-65-22-9-5-18-57(65)58-19-6-10-23-66(58)75)43-61(69)62-44-56(39-41-70(62)74)76-67-24-11-7-20-59(67)60-21-8-12-25-68(60)76/h2-45H,1H3. The van der Waals surface area contributed by atoms with Crippen molar-refractivity contribution in [2.75, 3.05) is 0 Å². The zero-order chi connectivity index (χ0) is 50.3. The molecule has 0 spiro atoms. The second kappa shape index (κ2) is 17.5. The quantitative estimate of drug-likeness (QED) is 0.152. The SMILES string of the molecule is Cc1cccc(-c2nc(-c3ccccc3)cc(-c3ccc(-c4ccc(-c5ccc(-n6c7ccc(-n8c9ccccc9c9ccccc98)cc7c7cc(-n8c9ccccc9c9ccccc98)ccc76)cc5)cc4)cc3)n2)c1. The monoisotopic (exact) mass is 969 g/mol. The van der Waals surface area contributed by atoms with Crippen molar-refractivity contribution >= 4 is 65.4 Å². The Morgan fingerprint density at radius 3 is 1.03 bits per heavy atom. The molecule has 0 fully saturated rings. The Hall–Kier alpha value is -10.1. The minimum Gasteiger partial charge on any atom is -0.309 e. The van der Waals surface area contributed by atoms with Crippen LogP contribution in [0.3, 0.4) is 0 Å². The second-order valence-electron chi connectivity index (χ2n) is 19.9. The van der Waals surface area contributed by atoms with Crippen molar-refractivity contribution in [1.82, 2.24) is 23.7 Å². The first-order chi connectivity index (χ1) is 37.6. The number of aryl methyl sites for hydroxylation is 1. The molecule has 0 unspecified atom stereocenters. The summed E-state index contributed by atoms with van der Waals surface area (Å²) >= 11 is 0. The van der Waals surface area contributed by atoms with E-state index in [-0.39, 0.29) is 0 Å². The molecule has 0 saturated heterocycles. The molecular weight excluding hydrogens is 923 g/mol. The largest absolute Gasteiger partial charge is 0.309 e. The average molecular weight is 970 g/mol. The lowest BCUT2D eigenvalue weighted by atomic mass is 9.98. The van der Waals surface area contributed by atoms with Gasteiger partial charge in [0.05, 0.1) is 44.5 Å². The summed E-state index contributed by atoms with van der Waals surface area (Å²) in [6, 6.07) is 96.5. The van der Waals surface area contributed by atoms with Gasteiger partial charge in [0.25, 0.3) is 0 Å². The third kappa shape index (κ3) is 7.16. The Morgan fingerprint density at radius 2 is 0.579 bits per heavy atom.